The molecule has 1 aromatic heterocycles. The molecular weight excluding hydrogens is 214 g/mol. The molecular formula is C13H23N3O. The summed E-state index contributed by atoms with van der Waals surface area (Å²) in [6, 6.07) is 3.92. The van der Waals surface area contributed by atoms with Crippen LogP contribution < -0.4 is 15.8 Å². The number of nitrogens with zero attached hydrogens (tertiary/aromatic N) is 1. The number of rotatable bonds is 7. The number of pyridine rings is 1. The summed E-state index contributed by atoms with van der Waals surface area (Å²) in [4.78, 5) is 4.27. The molecule has 0 saturated carbocycles. The smallest absolute Gasteiger partial charge is 0.168 e. The predicted molar refractivity (Wildman–Crippen MR) is 71.3 cm³/mol. The van der Waals surface area contributed by atoms with Gasteiger partial charge in [0.1, 0.15) is 0 Å². The fraction of sp³-hybridized carbons (Fsp3) is 0.615. The highest BCUT2D eigenvalue weighted by Crippen LogP contribution is 2.20. The molecule has 4 nitrogen and oxygen atoms in total. The Bertz CT molecular complexity index is 328. The summed E-state index contributed by atoms with van der Waals surface area (Å²) in [7, 11) is 0. The van der Waals surface area contributed by atoms with Gasteiger partial charge in [-0.1, -0.05) is 20.8 Å². The maximum atomic E-state index is 5.98. The van der Waals surface area contributed by atoms with Crippen molar-refractivity contribution in [1.82, 2.24) is 4.98 Å². The van der Waals surface area contributed by atoms with Crippen molar-refractivity contribution in [2.24, 2.45) is 11.7 Å². The van der Waals surface area contributed by atoms with Crippen molar-refractivity contribution in [3.63, 3.8) is 0 Å². The molecule has 17 heavy (non-hydrogen) atoms. The van der Waals surface area contributed by atoms with Gasteiger partial charge in [0.05, 0.1) is 6.61 Å². The van der Waals surface area contributed by atoms with Crippen LogP contribution in [0, 0.1) is 5.92 Å². The van der Waals surface area contributed by atoms with Gasteiger partial charge >= 0.3 is 0 Å². The van der Waals surface area contributed by atoms with Crippen LogP contribution in [-0.2, 0) is 0 Å². The van der Waals surface area contributed by atoms with Crippen molar-refractivity contribution >= 4 is 5.82 Å². The summed E-state index contributed by atoms with van der Waals surface area (Å²) in [6.45, 7) is 7.71. The molecule has 1 rings (SSSR count). The molecule has 3 N–H and O–H groups in total. The van der Waals surface area contributed by atoms with Crippen molar-refractivity contribution in [1.29, 1.82) is 0 Å². The van der Waals surface area contributed by atoms with Gasteiger partial charge in [0.15, 0.2) is 11.6 Å². The normalized spacial score (nSPS) is 12.5. The standard InChI is InChI=1S/C13H23N3O/c1-4-8-17-12-6-5-7-15-13(12)16-9-11(14)10(2)3/h5-7,10-11H,4,8-9,14H2,1-3H3,(H,15,16). The van der Waals surface area contributed by atoms with E-state index in [1.807, 2.05) is 12.1 Å². The summed E-state index contributed by atoms with van der Waals surface area (Å²) >= 11 is 0. The topological polar surface area (TPSA) is 60.2 Å². The summed E-state index contributed by atoms with van der Waals surface area (Å²) in [5.74, 6) is 2.02. The molecule has 0 bridgehead atoms. The lowest BCUT2D eigenvalue weighted by Crippen LogP contribution is -2.34. The Morgan fingerprint density at radius 2 is 2.24 bits per heavy atom. The van der Waals surface area contributed by atoms with E-state index in [4.69, 9.17) is 10.5 Å². The SMILES string of the molecule is CCCOc1cccnc1NCC(N)C(C)C. The Hall–Kier alpha value is -1.29. The first-order chi connectivity index (χ1) is 8.15. The average molecular weight is 237 g/mol. The Morgan fingerprint density at radius 3 is 2.88 bits per heavy atom. The van der Waals surface area contributed by atoms with Crippen LogP contribution in [0.3, 0.4) is 0 Å². The molecule has 0 aliphatic rings. The molecule has 1 atom stereocenters. The van der Waals surface area contributed by atoms with E-state index in [2.05, 4.69) is 31.1 Å². The quantitative estimate of drug-likeness (QED) is 0.763. The van der Waals surface area contributed by atoms with Crippen LogP contribution in [-0.4, -0.2) is 24.2 Å². The van der Waals surface area contributed by atoms with E-state index in [1.54, 1.807) is 6.20 Å². The molecule has 4 heteroatoms. The van der Waals surface area contributed by atoms with Crippen LogP contribution in [0.2, 0.25) is 0 Å². The molecule has 0 aromatic carbocycles. The molecule has 1 aromatic rings. The lowest BCUT2D eigenvalue weighted by atomic mass is 10.1. The van der Waals surface area contributed by atoms with Crippen LogP contribution in [0.15, 0.2) is 18.3 Å². The largest absolute Gasteiger partial charge is 0.490 e. The van der Waals surface area contributed by atoms with E-state index in [-0.39, 0.29) is 6.04 Å². The van der Waals surface area contributed by atoms with Crippen LogP contribution in [0.5, 0.6) is 5.75 Å². The fourth-order valence-corrected chi connectivity index (χ4v) is 1.30. The zero-order valence-electron chi connectivity index (χ0n) is 10.9. The third-order valence-corrected chi connectivity index (χ3v) is 2.59. The number of ether oxygens (including phenoxy) is 1. The van der Waals surface area contributed by atoms with Gasteiger partial charge in [-0.05, 0) is 24.5 Å². The van der Waals surface area contributed by atoms with Gasteiger partial charge < -0.3 is 15.8 Å². The van der Waals surface area contributed by atoms with Gasteiger partial charge in [-0.15, -0.1) is 0 Å². The highest BCUT2D eigenvalue weighted by Gasteiger charge is 2.09. The summed E-state index contributed by atoms with van der Waals surface area (Å²) < 4.78 is 5.61. The maximum absolute atomic E-state index is 5.98. The lowest BCUT2D eigenvalue weighted by molar-refractivity contribution is 0.317. The van der Waals surface area contributed by atoms with Crippen molar-refractivity contribution in [2.45, 2.75) is 33.2 Å². The molecule has 0 radical (unpaired) electrons. The predicted octanol–water partition coefficient (Wildman–Crippen LogP) is 2.27. The second kappa shape index (κ2) is 7.12. The van der Waals surface area contributed by atoms with Crippen molar-refractivity contribution in [3.05, 3.63) is 18.3 Å². The monoisotopic (exact) mass is 237 g/mol. The van der Waals surface area contributed by atoms with E-state index < -0.39 is 0 Å². The maximum Gasteiger partial charge on any atom is 0.168 e. The van der Waals surface area contributed by atoms with Gasteiger partial charge in [0.2, 0.25) is 0 Å². The molecule has 0 aliphatic heterocycles. The first kappa shape index (κ1) is 13.8. The number of anilines is 1. The van der Waals surface area contributed by atoms with Gasteiger partial charge in [-0.25, -0.2) is 4.98 Å². The van der Waals surface area contributed by atoms with Crippen molar-refractivity contribution in [2.75, 3.05) is 18.5 Å². The van der Waals surface area contributed by atoms with Gasteiger partial charge in [-0.3, -0.25) is 0 Å². The zero-order chi connectivity index (χ0) is 12.7. The minimum atomic E-state index is 0.121. The van der Waals surface area contributed by atoms with Gasteiger partial charge in [-0.2, -0.15) is 0 Å². The summed E-state index contributed by atoms with van der Waals surface area (Å²) in [6.07, 6.45) is 2.74. The van der Waals surface area contributed by atoms with E-state index in [9.17, 15) is 0 Å². The van der Waals surface area contributed by atoms with Crippen LogP contribution >= 0.6 is 0 Å². The van der Waals surface area contributed by atoms with Gasteiger partial charge in [0, 0.05) is 18.8 Å². The number of aromatic nitrogens is 1. The zero-order valence-corrected chi connectivity index (χ0v) is 10.9. The summed E-state index contributed by atoms with van der Waals surface area (Å²) in [5.41, 5.74) is 5.98. The lowest BCUT2D eigenvalue weighted by Gasteiger charge is -2.18. The Balaban J connectivity index is 2.57. The highest BCUT2D eigenvalue weighted by atomic mass is 16.5. The van der Waals surface area contributed by atoms with E-state index in [1.165, 1.54) is 0 Å². The minimum Gasteiger partial charge on any atom is -0.490 e. The molecule has 0 fully saturated rings. The Morgan fingerprint density at radius 1 is 1.47 bits per heavy atom. The van der Waals surface area contributed by atoms with Crippen molar-refractivity contribution in [3.8, 4) is 5.75 Å². The molecule has 0 aliphatic carbocycles. The molecule has 0 spiro atoms. The first-order valence-electron chi connectivity index (χ1n) is 6.22. The number of hydrogen-bond donors (Lipinski definition) is 2. The number of nitrogens with one attached hydrogen (secondary N) is 1. The van der Waals surface area contributed by atoms with Crippen LogP contribution in [0.4, 0.5) is 5.82 Å². The van der Waals surface area contributed by atoms with Crippen LogP contribution in [0.1, 0.15) is 27.2 Å². The van der Waals surface area contributed by atoms with Gasteiger partial charge in [0.25, 0.3) is 0 Å². The molecule has 0 saturated heterocycles. The second-order valence-corrected chi connectivity index (χ2v) is 4.49. The Labute approximate surface area is 104 Å². The summed E-state index contributed by atoms with van der Waals surface area (Å²) in [5, 5.41) is 3.24. The Kier molecular flexibility index (Phi) is 5.77. The molecule has 1 heterocycles. The third-order valence-electron chi connectivity index (χ3n) is 2.59. The minimum absolute atomic E-state index is 0.121. The van der Waals surface area contributed by atoms with Crippen LogP contribution in [0.25, 0.3) is 0 Å². The number of nitrogens with two attached hydrogens (primary N) is 1. The average Bonchev–Trinajstić information content (AvgIpc) is 2.34. The van der Waals surface area contributed by atoms with E-state index in [0.717, 1.165) is 18.0 Å². The van der Waals surface area contributed by atoms with Crippen molar-refractivity contribution < 1.29 is 4.74 Å². The molecule has 0 amide bonds. The van der Waals surface area contributed by atoms with E-state index >= 15 is 0 Å². The number of hydrogen-bond acceptors (Lipinski definition) is 4. The third kappa shape index (κ3) is 4.61. The fourth-order valence-electron chi connectivity index (χ4n) is 1.30. The van der Waals surface area contributed by atoms with E-state index in [0.29, 0.717) is 19.1 Å². The second-order valence-electron chi connectivity index (χ2n) is 4.49. The molecule has 1 unspecified atom stereocenters. The highest BCUT2D eigenvalue weighted by molar-refractivity contribution is 5.49. The molecule has 96 valence electrons. The first-order valence-corrected chi connectivity index (χ1v) is 6.22.